The maximum Gasteiger partial charge on any atom is 0.321 e. The minimum atomic E-state index is -0.975. The van der Waals surface area contributed by atoms with E-state index in [1.807, 2.05) is 18.5 Å². The fourth-order valence-corrected chi connectivity index (χ4v) is 1.87. The Balaban J connectivity index is 2.38. The SMILES string of the molecule is Cc1nnc(CSCC(N)C(=O)O)n1C. The summed E-state index contributed by atoms with van der Waals surface area (Å²) in [4.78, 5) is 10.4. The summed E-state index contributed by atoms with van der Waals surface area (Å²) in [5.41, 5.74) is 5.36. The number of carbonyl (C=O) groups is 1. The zero-order valence-electron chi connectivity index (χ0n) is 8.67. The molecule has 0 aliphatic rings. The lowest BCUT2D eigenvalue weighted by Gasteiger charge is -2.05. The number of nitrogens with zero attached hydrogens (tertiary/aromatic N) is 3. The number of hydrogen-bond donors (Lipinski definition) is 2. The van der Waals surface area contributed by atoms with Crippen molar-refractivity contribution >= 4 is 17.7 Å². The first-order chi connectivity index (χ1) is 7.02. The van der Waals surface area contributed by atoms with Crippen molar-refractivity contribution in [3.05, 3.63) is 11.6 Å². The molecule has 6 nitrogen and oxygen atoms in total. The Morgan fingerprint density at radius 3 is 2.80 bits per heavy atom. The highest BCUT2D eigenvalue weighted by Crippen LogP contribution is 2.11. The van der Waals surface area contributed by atoms with Gasteiger partial charge >= 0.3 is 5.97 Å². The predicted molar refractivity (Wildman–Crippen MR) is 57.5 cm³/mol. The van der Waals surface area contributed by atoms with Crippen LogP contribution in [0.2, 0.25) is 0 Å². The third-order valence-corrected chi connectivity index (χ3v) is 3.09. The molecular weight excluding hydrogens is 216 g/mol. The zero-order chi connectivity index (χ0) is 11.4. The van der Waals surface area contributed by atoms with Crippen LogP contribution in [-0.4, -0.2) is 37.6 Å². The number of aliphatic carboxylic acids is 1. The van der Waals surface area contributed by atoms with Crippen LogP contribution in [0.5, 0.6) is 0 Å². The van der Waals surface area contributed by atoms with Crippen LogP contribution < -0.4 is 5.73 Å². The third kappa shape index (κ3) is 3.21. The minimum Gasteiger partial charge on any atom is -0.480 e. The van der Waals surface area contributed by atoms with E-state index in [9.17, 15) is 4.79 Å². The molecule has 15 heavy (non-hydrogen) atoms. The summed E-state index contributed by atoms with van der Waals surface area (Å²) in [6, 6.07) is -0.815. The highest BCUT2D eigenvalue weighted by molar-refractivity contribution is 7.98. The summed E-state index contributed by atoms with van der Waals surface area (Å²) < 4.78 is 1.87. The molecule has 3 N–H and O–H groups in total. The lowest BCUT2D eigenvalue weighted by Crippen LogP contribution is -2.32. The summed E-state index contributed by atoms with van der Waals surface area (Å²) in [6.07, 6.45) is 0. The Morgan fingerprint density at radius 1 is 1.67 bits per heavy atom. The smallest absolute Gasteiger partial charge is 0.321 e. The fraction of sp³-hybridized carbons (Fsp3) is 0.625. The molecule has 0 aromatic carbocycles. The number of aryl methyl sites for hydroxylation is 1. The van der Waals surface area contributed by atoms with Crippen molar-refractivity contribution in [2.24, 2.45) is 12.8 Å². The van der Waals surface area contributed by atoms with E-state index in [4.69, 9.17) is 10.8 Å². The largest absolute Gasteiger partial charge is 0.480 e. The van der Waals surface area contributed by atoms with Crippen molar-refractivity contribution in [3.8, 4) is 0 Å². The van der Waals surface area contributed by atoms with Gasteiger partial charge in [-0.15, -0.1) is 10.2 Å². The molecule has 7 heteroatoms. The van der Waals surface area contributed by atoms with Gasteiger partial charge in [-0.05, 0) is 6.92 Å². The number of nitrogens with two attached hydrogens (primary N) is 1. The highest BCUT2D eigenvalue weighted by Gasteiger charge is 2.12. The predicted octanol–water partition coefficient (Wildman–Crippen LogP) is -0.231. The second-order valence-electron chi connectivity index (χ2n) is 3.18. The Morgan fingerprint density at radius 2 is 2.33 bits per heavy atom. The Labute approximate surface area is 91.9 Å². The zero-order valence-corrected chi connectivity index (χ0v) is 9.49. The van der Waals surface area contributed by atoms with Crippen LogP contribution >= 0.6 is 11.8 Å². The average molecular weight is 230 g/mol. The van der Waals surface area contributed by atoms with E-state index >= 15 is 0 Å². The van der Waals surface area contributed by atoms with Gasteiger partial charge in [0.05, 0.1) is 5.75 Å². The van der Waals surface area contributed by atoms with E-state index in [1.54, 1.807) is 0 Å². The molecule has 1 rings (SSSR count). The number of hydrogen-bond acceptors (Lipinski definition) is 5. The number of aromatic nitrogens is 3. The highest BCUT2D eigenvalue weighted by atomic mass is 32.2. The van der Waals surface area contributed by atoms with E-state index in [-0.39, 0.29) is 0 Å². The lowest BCUT2D eigenvalue weighted by atomic mass is 10.4. The molecule has 0 aliphatic carbocycles. The molecule has 1 aromatic heterocycles. The van der Waals surface area contributed by atoms with Crippen LogP contribution in [-0.2, 0) is 17.6 Å². The summed E-state index contributed by atoms with van der Waals surface area (Å²) in [5.74, 6) is 1.69. The molecule has 0 saturated heterocycles. The molecule has 0 radical (unpaired) electrons. The van der Waals surface area contributed by atoms with Gasteiger partial charge in [0.2, 0.25) is 0 Å². The molecule has 0 bridgehead atoms. The van der Waals surface area contributed by atoms with E-state index in [2.05, 4.69) is 10.2 Å². The number of thioether (sulfide) groups is 1. The van der Waals surface area contributed by atoms with Crippen LogP contribution in [0.15, 0.2) is 0 Å². The van der Waals surface area contributed by atoms with Gasteiger partial charge in [-0.1, -0.05) is 0 Å². The molecule has 84 valence electrons. The summed E-state index contributed by atoms with van der Waals surface area (Å²) in [5, 5.41) is 16.4. The van der Waals surface area contributed by atoms with Crippen molar-refractivity contribution in [1.82, 2.24) is 14.8 Å². The van der Waals surface area contributed by atoms with Crippen LogP contribution in [0.3, 0.4) is 0 Å². The maximum atomic E-state index is 10.4. The molecule has 0 spiro atoms. The van der Waals surface area contributed by atoms with Crippen molar-refractivity contribution in [2.75, 3.05) is 5.75 Å². The number of carboxylic acid groups (broad SMARTS) is 1. The summed E-state index contributed by atoms with van der Waals surface area (Å²) in [6.45, 7) is 1.87. The standard InChI is InChI=1S/C8H14N4O2S/c1-5-10-11-7(12(5)2)4-15-3-6(9)8(13)14/h6H,3-4,9H2,1-2H3,(H,13,14). The molecule has 1 atom stereocenters. The van der Waals surface area contributed by atoms with Crippen LogP contribution in [0, 0.1) is 6.92 Å². The second-order valence-corrected chi connectivity index (χ2v) is 4.21. The molecule has 0 saturated carbocycles. The quantitative estimate of drug-likeness (QED) is 0.725. The first-order valence-electron chi connectivity index (χ1n) is 4.43. The van der Waals surface area contributed by atoms with Gasteiger partial charge < -0.3 is 15.4 Å². The minimum absolute atomic E-state index is 0.376. The van der Waals surface area contributed by atoms with Gasteiger partial charge in [0.1, 0.15) is 17.7 Å². The normalized spacial score (nSPS) is 12.7. The molecule has 1 heterocycles. The van der Waals surface area contributed by atoms with E-state index < -0.39 is 12.0 Å². The van der Waals surface area contributed by atoms with E-state index in [1.165, 1.54) is 11.8 Å². The fourth-order valence-electron chi connectivity index (χ4n) is 0.925. The van der Waals surface area contributed by atoms with E-state index in [0.29, 0.717) is 11.5 Å². The van der Waals surface area contributed by atoms with Gasteiger partial charge in [0, 0.05) is 12.8 Å². The first kappa shape index (κ1) is 12.0. The van der Waals surface area contributed by atoms with Gasteiger partial charge in [-0.3, -0.25) is 4.79 Å². The van der Waals surface area contributed by atoms with Crippen molar-refractivity contribution in [1.29, 1.82) is 0 Å². The maximum absolute atomic E-state index is 10.4. The number of carboxylic acids is 1. The Hall–Kier alpha value is -1.08. The topological polar surface area (TPSA) is 94.0 Å². The van der Waals surface area contributed by atoms with Crippen molar-refractivity contribution in [2.45, 2.75) is 18.7 Å². The van der Waals surface area contributed by atoms with E-state index in [0.717, 1.165) is 11.6 Å². The van der Waals surface area contributed by atoms with Gasteiger partial charge in [0.15, 0.2) is 0 Å². The van der Waals surface area contributed by atoms with Crippen molar-refractivity contribution < 1.29 is 9.90 Å². The Kier molecular flexibility index (Phi) is 4.10. The van der Waals surface area contributed by atoms with Gasteiger partial charge in [-0.25, -0.2) is 0 Å². The molecule has 0 amide bonds. The number of rotatable bonds is 5. The van der Waals surface area contributed by atoms with Crippen LogP contribution in [0.1, 0.15) is 11.6 Å². The van der Waals surface area contributed by atoms with Crippen LogP contribution in [0.25, 0.3) is 0 Å². The lowest BCUT2D eigenvalue weighted by molar-refractivity contribution is -0.137. The van der Waals surface area contributed by atoms with Crippen molar-refractivity contribution in [3.63, 3.8) is 0 Å². The first-order valence-corrected chi connectivity index (χ1v) is 5.59. The summed E-state index contributed by atoms with van der Waals surface area (Å²) in [7, 11) is 1.88. The molecule has 0 aliphatic heterocycles. The van der Waals surface area contributed by atoms with Gasteiger partial charge in [0.25, 0.3) is 0 Å². The molecular formula is C8H14N4O2S. The monoisotopic (exact) mass is 230 g/mol. The average Bonchev–Trinajstić information content (AvgIpc) is 2.49. The van der Waals surface area contributed by atoms with Gasteiger partial charge in [-0.2, -0.15) is 11.8 Å². The Bertz CT molecular complexity index is 352. The summed E-state index contributed by atoms with van der Waals surface area (Å²) >= 11 is 1.44. The third-order valence-electron chi connectivity index (χ3n) is 2.03. The second kappa shape index (κ2) is 5.13. The molecule has 1 unspecified atom stereocenters. The van der Waals surface area contributed by atoms with Crippen LogP contribution in [0.4, 0.5) is 0 Å². The molecule has 0 fully saturated rings. The molecule has 1 aromatic rings.